The highest BCUT2D eigenvalue weighted by atomic mass is 16.3. The summed E-state index contributed by atoms with van der Waals surface area (Å²) in [5.74, 6) is 1.22. The Balaban J connectivity index is 1.74. The summed E-state index contributed by atoms with van der Waals surface area (Å²) in [7, 11) is 0. The van der Waals surface area contributed by atoms with E-state index in [9.17, 15) is 9.59 Å². The number of aromatic nitrogens is 2. The largest absolute Gasteiger partial charge is 0.466 e. The number of nitrogens with one attached hydrogen (secondary N) is 2. The number of hydrogen-bond donors (Lipinski definition) is 2. The Morgan fingerprint density at radius 2 is 2.24 bits per heavy atom. The number of furan rings is 1. The third-order valence-electron chi connectivity index (χ3n) is 3.79. The van der Waals surface area contributed by atoms with Gasteiger partial charge in [0.1, 0.15) is 11.5 Å². The molecule has 2 heterocycles. The van der Waals surface area contributed by atoms with Crippen molar-refractivity contribution in [3.8, 4) is 0 Å². The molecule has 0 aromatic carbocycles. The summed E-state index contributed by atoms with van der Waals surface area (Å²) in [5.41, 5.74) is 2.19. The van der Waals surface area contributed by atoms with Crippen molar-refractivity contribution in [3.05, 3.63) is 50.8 Å². The van der Waals surface area contributed by atoms with Gasteiger partial charge in [-0.1, -0.05) is 0 Å². The highest BCUT2D eigenvalue weighted by molar-refractivity contribution is 5.95. The Morgan fingerprint density at radius 3 is 2.95 bits per heavy atom. The maximum absolute atomic E-state index is 12.3. The lowest BCUT2D eigenvalue weighted by atomic mass is 9.92. The second-order valence-electron chi connectivity index (χ2n) is 5.44. The van der Waals surface area contributed by atoms with Crippen molar-refractivity contribution >= 4 is 5.91 Å². The second-order valence-corrected chi connectivity index (χ2v) is 5.44. The molecule has 0 aliphatic heterocycles. The van der Waals surface area contributed by atoms with Gasteiger partial charge in [-0.3, -0.25) is 9.59 Å². The van der Waals surface area contributed by atoms with Crippen LogP contribution in [-0.2, 0) is 12.8 Å². The molecular weight excluding hydrogens is 270 g/mol. The molecule has 6 nitrogen and oxygen atoms in total. The molecule has 2 aromatic heterocycles. The van der Waals surface area contributed by atoms with Crippen LogP contribution >= 0.6 is 0 Å². The number of carbonyl (C=O) groups is 1. The summed E-state index contributed by atoms with van der Waals surface area (Å²) < 4.78 is 5.38. The van der Waals surface area contributed by atoms with E-state index < -0.39 is 0 Å². The molecule has 0 saturated heterocycles. The Bertz CT molecular complexity index is 745. The SMILES string of the molecule is Cc1cc(C(=O)NC2CCc3n[nH]c(=O)cc3C2)c(C)o1. The summed E-state index contributed by atoms with van der Waals surface area (Å²) in [4.78, 5) is 23.6. The van der Waals surface area contributed by atoms with E-state index in [1.54, 1.807) is 19.1 Å². The molecule has 1 unspecified atom stereocenters. The summed E-state index contributed by atoms with van der Waals surface area (Å²) in [5, 5.41) is 9.50. The lowest BCUT2D eigenvalue weighted by molar-refractivity contribution is 0.0932. The minimum Gasteiger partial charge on any atom is -0.466 e. The van der Waals surface area contributed by atoms with Gasteiger partial charge in [0, 0.05) is 12.1 Å². The van der Waals surface area contributed by atoms with Gasteiger partial charge in [-0.2, -0.15) is 5.10 Å². The number of aryl methyl sites for hydroxylation is 3. The molecule has 1 aliphatic rings. The van der Waals surface area contributed by atoms with Gasteiger partial charge in [-0.05, 0) is 44.7 Å². The van der Waals surface area contributed by atoms with Gasteiger partial charge >= 0.3 is 0 Å². The fraction of sp³-hybridized carbons (Fsp3) is 0.400. The number of rotatable bonds is 2. The fourth-order valence-corrected chi connectivity index (χ4v) is 2.78. The first-order chi connectivity index (χ1) is 10.0. The van der Waals surface area contributed by atoms with Gasteiger partial charge in [0.2, 0.25) is 0 Å². The number of nitrogens with zero attached hydrogens (tertiary/aromatic N) is 1. The van der Waals surface area contributed by atoms with Crippen LogP contribution in [0.25, 0.3) is 0 Å². The third-order valence-corrected chi connectivity index (χ3v) is 3.79. The lowest BCUT2D eigenvalue weighted by Crippen LogP contribution is -2.39. The van der Waals surface area contributed by atoms with E-state index >= 15 is 0 Å². The van der Waals surface area contributed by atoms with E-state index in [0.29, 0.717) is 17.7 Å². The molecular formula is C15H17N3O3. The van der Waals surface area contributed by atoms with Crippen molar-refractivity contribution in [2.24, 2.45) is 0 Å². The first-order valence-electron chi connectivity index (χ1n) is 6.98. The van der Waals surface area contributed by atoms with E-state index in [0.717, 1.165) is 29.9 Å². The Morgan fingerprint density at radius 1 is 1.43 bits per heavy atom. The molecule has 110 valence electrons. The number of H-pyrrole nitrogens is 1. The van der Waals surface area contributed by atoms with Gasteiger partial charge in [0.15, 0.2) is 0 Å². The highest BCUT2D eigenvalue weighted by Gasteiger charge is 2.23. The zero-order valence-corrected chi connectivity index (χ0v) is 12.0. The molecule has 6 heteroatoms. The number of fused-ring (bicyclic) bond motifs is 1. The fourth-order valence-electron chi connectivity index (χ4n) is 2.78. The van der Waals surface area contributed by atoms with E-state index in [2.05, 4.69) is 15.5 Å². The Kier molecular flexibility index (Phi) is 3.37. The monoisotopic (exact) mass is 287 g/mol. The molecule has 0 radical (unpaired) electrons. The first kappa shape index (κ1) is 13.6. The van der Waals surface area contributed by atoms with E-state index in [1.807, 2.05) is 6.92 Å². The van der Waals surface area contributed by atoms with Gasteiger partial charge in [-0.25, -0.2) is 5.10 Å². The minimum atomic E-state index is -0.206. The molecule has 3 rings (SSSR count). The predicted octanol–water partition coefficient (Wildman–Crippen LogP) is 1.27. The number of amides is 1. The van der Waals surface area contributed by atoms with Crippen LogP contribution in [0.3, 0.4) is 0 Å². The van der Waals surface area contributed by atoms with Crippen molar-refractivity contribution in [2.45, 2.75) is 39.2 Å². The molecule has 1 atom stereocenters. The van der Waals surface area contributed by atoms with Crippen molar-refractivity contribution in [1.29, 1.82) is 0 Å². The van der Waals surface area contributed by atoms with E-state index in [-0.39, 0.29) is 17.5 Å². The Labute approximate surface area is 121 Å². The first-order valence-corrected chi connectivity index (χ1v) is 6.98. The van der Waals surface area contributed by atoms with Crippen LogP contribution in [0.2, 0.25) is 0 Å². The van der Waals surface area contributed by atoms with E-state index in [4.69, 9.17) is 4.42 Å². The molecule has 1 amide bonds. The molecule has 1 aliphatic carbocycles. The molecule has 0 saturated carbocycles. The van der Waals surface area contributed by atoms with Gasteiger partial charge in [-0.15, -0.1) is 0 Å². The van der Waals surface area contributed by atoms with Crippen LogP contribution < -0.4 is 10.9 Å². The molecule has 2 N–H and O–H groups in total. The predicted molar refractivity (Wildman–Crippen MR) is 76.3 cm³/mol. The van der Waals surface area contributed by atoms with Crippen LogP contribution in [0, 0.1) is 13.8 Å². The molecule has 2 aromatic rings. The zero-order chi connectivity index (χ0) is 15.0. The van der Waals surface area contributed by atoms with Crippen molar-refractivity contribution in [3.63, 3.8) is 0 Å². The zero-order valence-electron chi connectivity index (χ0n) is 12.0. The summed E-state index contributed by atoms with van der Waals surface area (Å²) in [6.45, 7) is 3.60. The van der Waals surface area contributed by atoms with Crippen molar-refractivity contribution in [1.82, 2.24) is 15.5 Å². The smallest absolute Gasteiger partial charge is 0.264 e. The van der Waals surface area contributed by atoms with Crippen molar-refractivity contribution in [2.75, 3.05) is 0 Å². The summed E-state index contributed by atoms with van der Waals surface area (Å²) >= 11 is 0. The third kappa shape index (κ3) is 2.74. The van der Waals surface area contributed by atoms with E-state index in [1.165, 1.54) is 0 Å². The number of carbonyl (C=O) groups excluding carboxylic acids is 1. The van der Waals surface area contributed by atoms with Crippen LogP contribution in [0.5, 0.6) is 0 Å². The molecule has 0 fully saturated rings. The average molecular weight is 287 g/mol. The Hall–Kier alpha value is -2.37. The van der Waals surface area contributed by atoms with Gasteiger partial charge in [0.05, 0.1) is 11.3 Å². The lowest BCUT2D eigenvalue weighted by Gasteiger charge is -2.24. The van der Waals surface area contributed by atoms with Crippen LogP contribution in [0.15, 0.2) is 21.3 Å². The maximum atomic E-state index is 12.3. The topological polar surface area (TPSA) is 88.0 Å². The maximum Gasteiger partial charge on any atom is 0.264 e. The minimum absolute atomic E-state index is 0.0169. The van der Waals surface area contributed by atoms with Crippen LogP contribution in [-0.4, -0.2) is 22.1 Å². The average Bonchev–Trinajstić information content (AvgIpc) is 2.77. The molecule has 0 spiro atoms. The number of aromatic amines is 1. The highest BCUT2D eigenvalue weighted by Crippen LogP contribution is 2.19. The quantitative estimate of drug-likeness (QED) is 0.870. The second kappa shape index (κ2) is 5.20. The number of hydrogen-bond acceptors (Lipinski definition) is 4. The normalized spacial score (nSPS) is 17.3. The van der Waals surface area contributed by atoms with Crippen LogP contribution in [0.1, 0.15) is 39.6 Å². The molecule has 0 bridgehead atoms. The van der Waals surface area contributed by atoms with Crippen molar-refractivity contribution < 1.29 is 9.21 Å². The van der Waals surface area contributed by atoms with Gasteiger partial charge < -0.3 is 9.73 Å². The van der Waals surface area contributed by atoms with Gasteiger partial charge in [0.25, 0.3) is 11.5 Å². The molecule has 21 heavy (non-hydrogen) atoms. The standard InChI is InChI=1S/C15H17N3O3/c1-8-5-12(9(2)21-8)15(20)16-11-3-4-13-10(6-11)7-14(19)18-17-13/h5,7,11H,3-4,6H2,1-2H3,(H,16,20)(H,18,19). The summed E-state index contributed by atoms with van der Waals surface area (Å²) in [6.07, 6.45) is 2.20. The van der Waals surface area contributed by atoms with Crippen LogP contribution in [0.4, 0.5) is 0 Å². The summed E-state index contributed by atoms with van der Waals surface area (Å²) in [6, 6.07) is 3.32.